The van der Waals surface area contributed by atoms with Gasteiger partial charge in [0.1, 0.15) is 10.7 Å². The average molecular weight is 261 g/mol. The minimum absolute atomic E-state index is 0.407. The van der Waals surface area contributed by atoms with Gasteiger partial charge >= 0.3 is 0 Å². The van der Waals surface area contributed by atoms with Crippen molar-refractivity contribution in [1.29, 1.82) is 0 Å². The van der Waals surface area contributed by atoms with Gasteiger partial charge in [0.2, 0.25) is 0 Å². The van der Waals surface area contributed by atoms with Crippen molar-refractivity contribution < 1.29 is 0 Å². The summed E-state index contributed by atoms with van der Waals surface area (Å²) in [6.07, 6.45) is 8.49. The van der Waals surface area contributed by atoms with Crippen molar-refractivity contribution in [2.45, 2.75) is 38.1 Å². The maximum absolute atomic E-state index is 5.79. The zero-order chi connectivity index (χ0) is 12.5. The zero-order valence-corrected chi connectivity index (χ0v) is 11.3. The Kier molecular flexibility index (Phi) is 3.20. The van der Waals surface area contributed by atoms with E-state index in [0.29, 0.717) is 11.0 Å². The summed E-state index contributed by atoms with van der Waals surface area (Å²) in [5.41, 5.74) is 7.72. The number of pyridine rings is 1. The van der Waals surface area contributed by atoms with Gasteiger partial charge in [-0.2, -0.15) is 0 Å². The molecule has 2 fully saturated rings. The second kappa shape index (κ2) is 4.84. The number of fused-ring (bicyclic) bond motifs is 1. The number of hydrogen-bond acceptors (Lipinski definition) is 3. The zero-order valence-electron chi connectivity index (χ0n) is 10.5. The molecule has 0 bridgehead atoms. The fourth-order valence-electron chi connectivity index (χ4n) is 3.52. The molecule has 18 heavy (non-hydrogen) atoms. The quantitative estimate of drug-likeness (QED) is 0.831. The number of nitrogens with zero attached hydrogens (tertiary/aromatic N) is 2. The number of hydrogen-bond donors (Lipinski definition) is 1. The van der Waals surface area contributed by atoms with E-state index in [1.807, 2.05) is 6.07 Å². The number of nitrogens with two attached hydrogens (primary N) is 1. The molecule has 2 atom stereocenters. The third kappa shape index (κ3) is 1.99. The highest BCUT2D eigenvalue weighted by Crippen LogP contribution is 2.39. The molecule has 2 unspecified atom stereocenters. The fourth-order valence-corrected chi connectivity index (χ4v) is 3.68. The smallest absolute Gasteiger partial charge is 0.124 e. The maximum atomic E-state index is 5.79. The summed E-state index contributed by atoms with van der Waals surface area (Å²) in [5.74, 6) is 0.859. The Morgan fingerprint density at radius 1 is 1.33 bits per heavy atom. The van der Waals surface area contributed by atoms with Gasteiger partial charge in [-0.25, -0.2) is 0 Å². The molecule has 1 saturated heterocycles. The first-order valence-electron chi connectivity index (χ1n) is 6.79. The van der Waals surface area contributed by atoms with Gasteiger partial charge in [-0.05, 0) is 37.3 Å². The van der Waals surface area contributed by atoms with Crippen LogP contribution < -0.4 is 10.6 Å². The van der Waals surface area contributed by atoms with Crippen LogP contribution in [0.2, 0.25) is 0 Å². The summed E-state index contributed by atoms with van der Waals surface area (Å²) in [6.45, 7) is 1.12. The molecule has 0 amide bonds. The highest BCUT2D eigenvalue weighted by atomic mass is 32.1. The number of rotatable bonds is 2. The van der Waals surface area contributed by atoms with Gasteiger partial charge in [-0.15, -0.1) is 0 Å². The van der Waals surface area contributed by atoms with Gasteiger partial charge in [0.15, 0.2) is 0 Å². The van der Waals surface area contributed by atoms with Crippen molar-refractivity contribution in [1.82, 2.24) is 4.98 Å². The van der Waals surface area contributed by atoms with Crippen LogP contribution in [0.4, 0.5) is 5.69 Å². The van der Waals surface area contributed by atoms with E-state index >= 15 is 0 Å². The largest absolute Gasteiger partial charge is 0.388 e. The number of anilines is 1. The molecule has 2 heterocycles. The highest BCUT2D eigenvalue weighted by molar-refractivity contribution is 7.80. The molecule has 0 radical (unpaired) electrons. The van der Waals surface area contributed by atoms with Crippen molar-refractivity contribution >= 4 is 22.9 Å². The number of thiocarbonyl (C=S) groups is 1. The first-order chi connectivity index (χ1) is 8.77. The van der Waals surface area contributed by atoms with Crippen LogP contribution in [0, 0.1) is 5.92 Å². The summed E-state index contributed by atoms with van der Waals surface area (Å²) < 4.78 is 0. The van der Waals surface area contributed by atoms with E-state index in [1.54, 1.807) is 6.20 Å². The van der Waals surface area contributed by atoms with E-state index < -0.39 is 0 Å². The second-order valence-electron chi connectivity index (χ2n) is 5.33. The van der Waals surface area contributed by atoms with Crippen LogP contribution in [0.25, 0.3) is 0 Å². The summed E-state index contributed by atoms with van der Waals surface area (Å²) in [4.78, 5) is 7.25. The minimum atomic E-state index is 0.407. The minimum Gasteiger partial charge on any atom is -0.388 e. The van der Waals surface area contributed by atoms with Crippen LogP contribution in [0.3, 0.4) is 0 Å². The van der Waals surface area contributed by atoms with E-state index in [4.69, 9.17) is 18.0 Å². The Balaban J connectivity index is 1.93. The molecule has 1 aromatic heterocycles. The molecule has 1 aromatic rings. The topological polar surface area (TPSA) is 42.1 Å². The Morgan fingerprint density at radius 2 is 2.17 bits per heavy atom. The van der Waals surface area contributed by atoms with E-state index in [0.717, 1.165) is 23.8 Å². The molecule has 4 heteroatoms. The Labute approximate surface area is 113 Å². The predicted molar refractivity (Wildman–Crippen MR) is 77.8 cm³/mol. The van der Waals surface area contributed by atoms with E-state index in [2.05, 4.69) is 16.0 Å². The molecule has 1 saturated carbocycles. The monoisotopic (exact) mass is 261 g/mol. The summed E-state index contributed by atoms with van der Waals surface area (Å²) in [6, 6.07) is 4.77. The molecule has 1 aliphatic carbocycles. The Bertz CT molecular complexity index is 460. The average Bonchev–Trinajstić information content (AvgIpc) is 2.82. The van der Waals surface area contributed by atoms with Gasteiger partial charge < -0.3 is 10.6 Å². The molecule has 3 rings (SSSR count). The molecule has 2 N–H and O–H groups in total. The molecule has 1 aliphatic heterocycles. The van der Waals surface area contributed by atoms with E-state index in [1.165, 1.54) is 32.1 Å². The lowest BCUT2D eigenvalue weighted by atomic mass is 9.85. The summed E-state index contributed by atoms with van der Waals surface area (Å²) >= 11 is 5.12. The second-order valence-corrected chi connectivity index (χ2v) is 5.77. The normalized spacial score (nSPS) is 27.0. The summed E-state index contributed by atoms with van der Waals surface area (Å²) in [7, 11) is 0. The molecular formula is C14H19N3S. The number of aromatic nitrogens is 1. The van der Waals surface area contributed by atoms with Crippen molar-refractivity contribution in [3.05, 3.63) is 24.0 Å². The highest BCUT2D eigenvalue weighted by Gasteiger charge is 2.36. The van der Waals surface area contributed by atoms with Crippen molar-refractivity contribution in [2.24, 2.45) is 11.7 Å². The van der Waals surface area contributed by atoms with Crippen LogP contribution in [-0.4, -0.2) is 22.6 Å². The van der Waals surface area contributed by atoms with Gasteiger partial charge in [-0.3, -0.25) is 4.98 Å². The standard InChI is InChI=1S/C14H19N3S/c15-14(18)13-12(6-3-8-16-13)17-9-7-10-4-1-2-5-11(10)17/h3,6,8,10-11H,1-2,4-5,7,9H2,(H2,15,18). The molecule has 0 aromatic carbocycles. The molecule has 3 nitrogen and oxygen atoms in total. The molecule has 2 aliphatic rings. The van der Waals surface area contributed by atoms with Crippen LogP contribution >= 0.6 is 12.2 Å². The lowest BCUT2D eigenvalue weighted by Gasteiger charge is -2.33. The lowest BCUT2D eigenvalue weighted by molar-refractivity contribution is 0.342. The molecule has 0 spiro atoms. The lowest BCUT2D eigenvalue weighted by Crippen LogP contribution is -2.36. The van der Waals surface area contributed by atoms with Crippen LogP contribution in [0.15, 0.2) is 18.3 Å². The van der Waals surface area contributed by atoms with Gasteiger partial charge in [0.25, 0.3) is 0 Å². The van der Waals surface area contributed by atoms with Gasteiger partial charge in [0, 0.05) is 18.8 Å². The Hall–Kier alpha value is -1.16. The first-order valence-corrected chi connectivity index (χ1v) is 7.19. The first kappa shape index (κ1) is 11.9. The molecular weight excluding hydrogens is 242 g/mol. The van der Waals surface area contributed by atoms with Crippen LogP contribution in [0.5, 0.6) is 0 Å². The third-order valence-corrected chi connectivity index (χ3v) is 4.53. The van der Waals surface area contributed by atoms with E-state index in [-0.39, 0.29) is 0 Å². The van der Waals surface area contributed by atoms with Gasteiger partial charge in [-0.1, -0.05) is 25.1 Å². The predicted octanol–water partition coefficient (Wildman–Crippen LogP) is 2.48. The fraction of sp³-hybridized carbons (Fsp3) is 0.571. The SMILES string of the molecule is NC(=S)c1ncccc1N1CCC2CCCCC21. The summed E-state index contributed by atoms with van der Waals surface area (Å²) in [5, 5.41) is 0. The maximum Gasteiger partial charge on any atom is 0.124 e. The molecule has 96 valence electrons. The van der Waals surface area contributed by atoms with E-state index in [9.17, 15) is 0 Å². The van der Waals surface area contributed by atoms with Gasteiger partial charge in [0.05, 0.1) is 5.69 Å². The van der Waals surface area contributed by atoms with Crippen LogP contribution in [0.1, 0.15) is 37.8 Å². The third-order valence-electron chi connectivity index (χ3n) is 4.34. The van der Waals surface area contributed by atoms with Crippen molar-refractivity contribution in [3.8, 4) is 0 Å². The van der Waals surface area contributed by atoms with Crippen LogP contribution in [-0.2, 0) is 0 Å². The van der Waals surface area contributed by atoms with Crippen molar-refractivity contribution in [3.63, 3.8) is 0 Å². The van der Waals surface area contributed by atoms with Crippen molar-refractivity contribution in [2.75, 3.05) is 11.4 Å². The Morgan fingerprint density at radius 3 is 3.00 bits per heavy atom.